The molecule has 4 nitrogen and oxygen atoms in total. The first-order valence-corrected chi connectivity index (χ1v) is 10.2. The number of aromatic nitrogens is 1. The molecule has 0 atom stereocenters. The van der Waals surface area contributed by atoms with Crippen molar-refractivity contribution in [3.63, 3.8) is 0 Å². The molecule has 0 aliphatic heterocycles. The number of ether oxygens (including phenoxy) is 1. The van der Waals surface area contributed by atoms with E-state index in [9.17, 15) is 4.79 Å². The minimum Gasteiger partial charge on any atom is -0.497 e. The first-order valence-electron chi connectivity index (χ1n) is 7.94. The van der Waals surface area contributed by atoms with Gasteiger partial charge in [-0.2, -0.15) is 16.8 Å². The molecule has 130 valence electrons. The number of carbonyl (C=O) groups is 1. The highest BCUT2D eigenvalue weighted by atomic mass is 32.2. The predicted molar refractivity (Wildman–Crippen MR) is 106 cm³/mol. The fourth-order valence-corrected chi connectivity index (χ4v) is 3.96. The highest BCUT2D eigenvalue weighted by Gasteiger charge is 2.10. The van der Waals surface area contributed by atoms with Crippen molar-refractivity contribution in [2.75, 3.05) is 19.1 Å². The number of fused-ring (bicyclic) bond motifs is 1. The van der Waals surface area contributed by atoms with Crippen LogP contribution in [0, 0.1) is 6.92 Å². The van der Waals surface area contributed by atoms with Crippen LogP contribution in [0.2, 0.25) is 0 Å². The Morgan fingerprint density at radius 2 is 2.00 bits per heavy atom. The molecule has 1 heterocycles. The maximum Gasteiger partial charge on any atom is 0.279 e. The van der Waals surface area contributed by atoms with Crippen LogP contribution in [0.3, 0.4) is 0 Å². The number of nitrogens with zero attached hydrogens (tertiary/aromatic N) is 2. The molecule has 0 aliphatic carbocycles. The summed E-state index contributed by atoms with van der Waals surface area (Å²) in [6.45, 7) is 2.81. The SMILES string of the molecule is COc1ccc2c(c1)sc(=NC(=O)c1ccc(C)cc1)n2CCSC. The van der Waals surface area contributed by atoms with E-state index in [1.807, 2.05) is 49.4 Å². The smallest absolute Gasteiger partial charge is 0.279 e. The van der Waals surface area contributed by atoms with Crippen molar-refractivity contribution in [2.45, 2.75) is 13.5 Å². The Morgan fingerprint density at radius 1 is 1.24 bits per heavy atom. The molecule has 0 radical (unpaired) electrons. The summed E-state index contributed by atoms with van der Waals surface area (Å²) in [5, 5.41) is 0. The largest absolute Gasteiger partial charge is 0.497 e. The van der Waals surface area contributed by atoms with Gasteiger partial charge in [0, 0.05) is 17.9 Å². The predicted octanol–water partition coefficient (Wildman–Crippen LogP) is 4.12. The molecular weight excluding hydrogens is 352 g/mol. The Bertz CT molecular complexity index is 956. The van der Waals surface area contributed by atoms with Gasteiger partial charge in [0.25, 0.3) is 5.91 Å². The maximum atomic E-state index is 12.5. The number of amides is 1. The molecule has 0 unspecified atom stereocenters. The Morgan fingerprint density at radius 3 is 2.68 bits per heavy atom. The zero-order valence-electron chi connectivity index (χ0n) is 14.5. The Hall–Kier alpha value is -2.05. The molecule has 1 aromatic heterocycles. The van der Waals surface area contributed by atoms with Crippen molar-refractivity contribution in [2.24, 2.45) is 4.99 Å². The van der Waals surface area contributed by atoms with Gasteiger partial charge in [0.2, 0.25) is 0 Å². The summed E-state index contributed by atoms with van der Waals surface area (Å²) >= 11 is 3.29. The molecule has 0 aliphatic rings. The zero-order chi connectivity index (χ0) is 17.8. The Labute approximate surface area is 155 Å². The first kappa shape index (κ1) is 17.8. The summed E-state index contributed by atoms with van der Waals surface area (Å²) in [6, 6.07) is 13.5. The second kappa shape index (κ2) is 7.89. The maximum absolute atomic E-state index is 12.5. The van der Waals surface area contributed by atoms with Crippen LogP contribution in [0.4, 0.5) is 0 Å². The Balaban J connectivity index is 2.09. The molecule has 0 spiro atoms. The van der Waals surface area contributed by atoms with E-state index in [2.05, 4.69) is 15.8 Å². The molecule has 25 heavy (non-hydrogen) atoms. The summed E-state index contributed by atoms with van der Waals surface area (Å²) in [6.07, 6.45) is 2.08. The Kier molecular flexibility index (Phi) is 5.60. The summed E-state index contributed by atoms with van der Waals surface area (Å²) in [7, 11) is 1.66. The van der Waals surface area contributed by atoms with Crippen molar-refractivity contribution < 1.29 is 9.53 Å². The molecule has 3 aromatic rings. The minimum absolute atomic E-state index is 0.212. The lowest BCUT2D eigenvalue weighted by molar-refractivity contribution is 0.0998. The number of methoxy groups -OCH3 is 1. The third kappa shape index (κ3) is 3.96. The van der Waals surface area contributed by atoms with Crippen LogP contribution in [0.1, 0.15) is 15.9 Å². The lowest BCUT2D eigenvalue weighted by atomic mass is 10.1. The van der Waals surface area contributed by atoms with E-state index in [1.54, 1.807) is 18.9 Å². The second-order valence-corrected chi connectivity index (χ2v) is 7.64. The summed E-state index contributed by atoms with van der Waals surface area (Å²) in [5.41, 5.74) is 2.81. The third-order valence-electron chi connectivity index (χ3n) is 3.90. The van der Waals surface area contributed by atoms with Crippen molar-refractivity contribution in [3.05, 3.63) is 58.4 Å². The van der Waals surface area contributed by atoms with Crippen molar-refractivity contribution in [1.82, 2.24) is 4.57 Å². The van der Waals surface area contributed by atoms with E-state index in [-0.39, 0.29) is 5.91 Å². The topological polar surface area (TPSA) is 43.6 Å². The molecule has 2 aromatic carbocycles. The van der Waals surface area contributed by atoms with E-state index in [0.717, 1.165) is 38.6 Å². The molecule has 0 fully saturated rings. The average molecular weight is 373 g/mol. The van der Waals surface area contributed by atoms with Gasteiger partial charge in [0.1, 0.15) is 5.75 Å². The van der Waals surface area contributed by atoms with Gasteiger partial charge in [-0.3, -0.25) is 4.79 Å². The van der Waals surface area contributed by atoms with Crippen molar-refractivity contribution in [1.29, 1.82) is 0 Å². The van der Waals surface area contributed by atoms with Gasteiger partial charge in [0.15, 0.2) is 4.80 Å². The van der Waals surface area contributed by atoms with Gasteiger partial charge in [-0.25, -0.2) is 0 Å². The average Bonchev–Trinajstić information content (AvgIpc) is 2.96. The third-order valence-corrected chi connectivity index (χ3v) is 5.54. The molecule has 0 bridgehead atoms. The zero-order valence-corrected chi connectivity index (χ0v) is 16.1. The molecule has 0 saturated carbocycles. The van der Waals surface area contributed by atoms with Gasteiger partial charge in [-0.15, -0.1) is 0 Å². The monoisotopic (exact) mass is 372 g/mol. The number of benzene rings is 2. The molecular formula is C19H20N2O2S2. The van der Waals surface area contributed by atoms with Crippen LogP contribution in [0.25, 0.3) is 10.2 Å². The lowest BCUT2D eigenvalue weighted by Crippen LogP contribution is -2.18. The quantitative estimate of drug-likeness (QED) is 0.676. The van der Waals surface area contributed by atoms with E-state index in [0.29, 0.717) is 5.56 Å². The number of carbonyl (C=O) groups excluding carboxylic acids is 1. The van der Waals surface area contributed by atoms with Gasteiger partial charge < -0.3 is 9.30 Å². The van der Waals surface area contributed by atoms with Crippen LogP contribution in [-0.2, 0) is 6.54 Å². The minimum atomic E-state index is -0.212. The van der Waals surface area contributed by atoms with E-state index >= 15 is 0 Å². The van der Waals surface area contributed by atoms with Gasteiger partial charge in [-0.1, -0.05) is 29.0 Å². The van der Waals surface area contributed by atoms with E-state index in [1.165, 1.54) is 11.3 Å². The van der Waals surface area contributed by atoms with E-state index in [4.69, 9.17) is 4.74 Å². The van der Waals surface area contributed by atoms with Crippen molar-refractivity contribution >= 4 is 39.2 Å². The number of hydrogen-bond donors (Lipinski definition) is 0. The van der Waals surface area contributed by atoms with Gasteiger partial charge >= 0.3 is 0 Å². The van der Waals surface area contributed by atoms with Gasteiger partial charge in [0.05, 0.1) is 17.3 Å². The van der Waals surface area contributed by atoms with Crippen LogP contribution in [0.5, 0.6) is 5.75 Å². The number of hydrogen-bond acceptors (Lipinski definition) is 4. The molecule has 3 rings (SSSR count). The van der Waals surface area contributed by atoms with Crippen LogP contribution in [-0.4, -0.2) is 29.6 Å². The number of rotatable bonds is 5. The molecule has 0 saturated heterocycles. The highest BCUT2D eigenvalue weighted by Crippen LogP contribution is 2.23. The van der Waals surface area contributed by atoms with E-state index < -0.39 is 0 Å². The summed E-state index contributed by atoms with van der Waals surface area (Å²) in [5.74, 6) is 1.56. The van der Waals surface area contributed by atoms with Crippen LogP contribution >= 0.6 is 23.1 Å². The highest BCUT2D eigenvalue weighted by molar-refractivity contribution is 7.98. The second-order valence-electron chi connectivity index (χ2n) is 5.65. The van der Waals surface area contributed by atoms with Crippen LogP contribution < -0.4 is 9.54 Å². The summed E-state index contributed by atoms with van der Waals surface area (Å²) < 4.78 is 8.49. The standard InChI is InChI=1S/C19H20N2O2S2/c1-13-4-6-14(7-5-13)18(22)20-19-21(10-11-24-3)16-9-8-15(23-2)12-17(16)25-19/h4-9,12H,10-11H2,1-3H3. The van der Waals surface area contributed by atoms with Crippen molar-refractivity contribution in [3.8, 4) is 5.75 Å². The van der Waals surface area contributed by atoms with Crippen LogP contribution in [0.15, 0.2) is 47.5 Å². The first-order chi connectivity index (χ1) is 12.1. The molecule has 0 N–H and O–H groups in total. The number of thioether (sulfide) groups is 1. The fourth-order valence-electron chi connectivity index (χ4n) is 2.51. The van der Waals surface area contributed by atoms with Gasteiger partial charge in [-0.05, 0) is 43.5 Å². The number of thiazole rings is 1. The summed E-state index contributed by atoms with van der Waals surface area (Å²) in [4.78, 5) is 17.7. The molecule has 6 heteroatoms. The normalized spacial score (nSPS) is 11.9. The fraction of sp³-hybridized carbons (Fsp3) is 0.263. The molecule has 1 amide bonds. The number of aryl methyl sites for hydroxylation is 2. The lowest BCUT2D eigenvalue weighted by Gasteiger charge is -2.04.